The highest BCUT2D eigenvalue weighted by atomic mass is 79.9. The number of amides is 3. The molecular formula is C78H103BrN5O26S3+. The molecule has 0 radical (unpaired) electrons. The van der Waals surface area contributed by atoms with Gasteiger partial charge in [-0.05, 0) is 175 Å². The summed E-state index contributed by atoms with van der Waals surface area (Å²) in [6, 6.07) is 25.1. The van der Waals surface area contributed by atoms with Crippen LogP contribution in [0.4, 0.5) is 16.2 Å². The number of nitrogens with zero attached hydrogens (tertiary/aromatic N) is 3. The molecule has 1 unspecified atom stereocenters. The van der Waals surface area contributed by atoms with Crippen LogP contribution in [0.15, 0.2) is 153 Å². The van der Waals surface area contributed by atoms with Gasteiger partial charge in [0.05, 0.1) is 40.9 Å². The SMILES string of the molecule is CC(=O)[C@H](CCC(=O)O)NC(=O)N[C@@H](CCCCN(Cc1ccc(Br)cc1)C(=O)CCOCOCOCOCOCOCOCOCCCC(=O)CCCC1(C)/C(=C\C=C2/CCCC(/C=C/C3=[N+](CCCS(=O)(=O)O)c4ccccc4C3(C)C)=C2Oc2ccc(S(=O)(=O)O)cc2)N(CCCS(=O)(=O)O)c2ccccc21)C(=O)O. The molecule has 0 saturated carbocycles. The predicted octanol–water partition coefficient (Wildman–Crippen LogP) is 10.8. The maximum atomic E-state index is 13.5. The van der Waals surface area contributed by atoms with Gasteiger partial charge in [-0.15, -0.1) is 0 Å². The van der Waals surface area contributed by atoms with Gasteiger partial charge in [0.15, 0.2) is 45.5 Å². The van der Waals surface area contributed by atoms with E-state index >= 15 is 0 Å². The van der Waals surface area contributed by atoms with E-state index in [0.717, 1.165) is 55.1 Å². The van der Waals surface area contributed by atoms with E-state index in [-0.39, 0.29) is 154 Å². The number of fused-ring (bicyclic) bond motifs is 2. The number of rotatable bonds is 53. The van der Waals surface area contributed by atoms with Gasteiger partial charge in [-0.25, -0.2) is 9.59 Å². The van der Waals surface area contributed by atoms with E-state index in [1.807, 2.05) is 97.1 Å². The van der Waals surface area contributed by atoms with Crippen molar-refractivity contribution in [2.75, 3.05) is 96.8 Å². The molecule has 1 aliphatic carbocycles. The van der Waals surface area contributed by atoms with Crippen LogP contribution < -0.4 is 20.3 Å². The molecular weight excluding hydrogens is 1600 g/mol. The van der Waals surface area contributed by atoms with Crippen LogP contribution in [0.2, 0.25) is 0 Å². The summed E-state index contributed by atoms with van der Waals surface area (Å²) in [5, 5.41) is 23.4. The number of hydrogen-bond acceptors (Lipinski definition) is 22. The number of allylic oxidation sites excluding steroid dienone is 7. The lowest BCUT2D eigenvalue weighted by Crippen LogP contribution is -2.50. The molecule has 0 aromatic heterocycles. The van der Waals surface area contributed by atoms with Crippen molar-refractivity contribution in [2.45, 2.75) is 165 Å². The zero-order valence-electron chi connectivity index (χ0n) is 63.9. The zero-order chi connectivity index (χ0) is 82.2. The second kappa shape index (κ2) is 45.4. The molecule has 2 heterocycles. The van der Waals surface area contributed by atoms with Crippen LogP contribution >= 0.6 is 15.9 Å². The number of urea groups is 1. The number of carbonyl (C=O) groups is 6. The molecule has 31 nitrogen and oxygen atoms in total. The lowest BCUT2D eigenvalue weighted by Gasteiger charge is -2.31. The summed E-state index contributed by atoms with van der Waals surface area (Å²) < 4.78 is 154. The summed E-state index contributed by atoms with van der Waals surface area (Å²) in [6.07, 6.45) is 12.2. The topological polar surface area (TPSA) is 423 Å². The molecule has 0 saturated heterocycles. The minimum atomic E-state index is -4.52. The standard InChI is InChI=1S/C78H102BrN5O26S3/c1-56(85)66(35-38-73(88)89)80-76(92)81-67(75(90)91)22-9-10-41-82(48-57-25-29-60(79)30-26-57)72(87)39-45-103-50-105-52-107-54-109-55-108-53-106-51-104-49-102-44-13-19-61(86)18-12-40-78(4)65-21-6-8-24-69(65)84(43-15-47-112(96,97)98)71(78)37-28-59-17-11-16-58(74(59)110-62-31-33-63(34-32-62)113(99,100)101)27-36-70-77(2,3)64-20-5-7-23-68(64)83(70)42-14-46-111(93,94)95/h5-8,20-21,23-34,36-37,66-67H,9-19,22,35,38-55H2,1-4H3,(H6-,80,81,88,89,90,91,92,93,94,95,96,97,98,99,100,101)/p+1/t66-,67-,78?/m0/s1. The predicted molar refractivity (Wildman–Crippen MR) is 419 cm³/mol. The van der Waals surface area contributed by atoms with Crippen molar-refractivity contribution in [1.82, 2.24) is 15.5 Å². The number of nitrogens with one attached hydrogen (secondary N) is 2. The first-order chi connectivity index (χ1) is 53.7. The number of carboxylic acids is 2. The number of ether oxygens (including phenoxy) is 9. The summed E-state index contributed by atoms with van der Waals surface area (Å²) in [4.78, 5) is 77.6. The van der Waals surface area contributed by atoms with Crippen LogP contribution in [-0.2, 0) is 110 Å². The van der Waals surface area contributed by atoms with Crippen molar-refractivity contribution in [3.05, 3.63) is 165 Å². The second-order valence-electron chi connectivity index (χ2n) is 27.9. The number of para-hydroxylation sites is 2. The largest absolute Gasteiger partial charge is 0.481 e. The Morgan fingerprint density at radius 3 is 1.84 bits per heavy atom. The Bertz CT molecular complexity index is 4400. The van der Waals surface area contributed by atoms with E-state index in [9.17, 15) is 72.8 Å². The van der Waals surface area contributed by atoms with Gasteiger partial charge in [0.1, 0.15) is 43.5 Å². The Balaban J connectivity index is 0.828. The van der Waals surface area contributed by atoms with Crippen LogP contribution in [0.1, 0.15) is 147 Å². The minimum Gasteiger partial charge on any atom is -0.481 e. The molecule has 3 amide bonds. The van der Waals surface area contributed by atoms with E-state index in [1.54, 1.807) is 4.90 Å². The molecule has 0 bridgehead atoms. The van der Waals surface area contributed by atoms with Gasteiger partial charge >= 0.3 is 18.0 Å². The van der Waals surface area contributed by atoms with E-state index in [1.165, 1.54) is 31.2 Å². The summed E-state index contributed by atoms with van der Waals surface area (Å²) in [5.41, 5.74) is 6.64. The maximum absolute atomic E-state index is 13.5. The number of hydrogen-bond donors (Lipinski definition) is 7. The van der Waals surface area contributed by atoms with Crippen molar-refractivity contribution in [1.29, 1.82) is 0 Å². The molecule has 35 heteroatoms. The zero-order valence-corrected chi connectivity index (χ0v) is 67.9. The normalized spacial score (nSPS) is 16.9. The quantitative estimate of drug-likeness (QED) is 0.00934. The number of halogens is 1. The summed E-state index contributed by atoms with van der Waals surface area (Å²) >= 11 is 3.41. The van der Waals surface area contributed by atoms with Crippen LogP contribution in [0, 0.1) is 0 Å². The van der Waals surface area contributed by atoms with Gasteiger partial charge < -0.3 is 73.3 Å². The number of unbranched alkanes of at least 4 members (excludes halogenated alkanes) is 1. The van der Waals surface area contributed by atoms with E-state index in [0.29, 0.717) is 63.7 Å². The summed E-state index contributed by atoms with van der Waals surface area (Å²) in [7, 11) is -13.1. The summed E-state index contributed by atoms with van der Waals surface area (Å²) in [5.74, 6) is -3.25. The average Bonchev–Trinajstić information content (AvgIpc) is 1.59. The smallest absolute Gasteiger partial charge is 0.326 e. The molecule has 7 N–H and O–H groups in total. The number of anilines is 1. The molecule has 113 heavy (non-hydrogen) atoms. The van der Waals surface area contributed by atoms with Crippen LogP contribution in [0.3, 0.4) is 0 Å². The molecule has 620 valence electrons. The first-order valence-electron chi connectivity index (χ1n) is 37.0. The van der Waals surface area contributed by atoms with Gasteiger partial charge in [0.2, 0.25) is 11.6 Å². The van der Waals surface area contributed by atoms with Crippen molar-refractivity contribution in [3.8, 4) is 5.75 Å². The van der Waals surface area contributed by atoms with Gasteiger partial charge in [-0.2, -0.15) is 29.8 Å². The fourth-order valence-electron chi connectivity index (χ4n) is 13.4. The fraction of sp³-hybridized carbons (Fsp3) is 0.500. The van der Waals surface area contributed by atoms with Crippen LogP contribution in [-0.4, -0.2) is 204 Å². The Morgan fingerprint density at radius 2 is 1.22 bits per heavy atom. The van der Waals surface area contributed by atoms with Gasteiger partial charge in [0.25, 0.3) is 30.4 Å². The number of Topliss-reactive ketones (excluding diaryl/α,β-unsaturated/α-hetero) is 2. The van der Waals surface area contributed by atoms with Crippen molar-refractivity contribution < 1.29 is 125 Å². The lowest BCUT2D eigenvalue weighted by atomic mass is 9.76. The van der Waals surface area contributed by atoms with Crippen molar-refractivity contribution in [3.63, 3.8) is 0 Å². The van der Waals surface area contributed by atoms with Gasteiger partial charge in [-0.3, -0.25) is 32.8 Å². The minimum absolute atomic E-state index is 0.00890. The van der Waals surface area contributed by atoms with Gasteiger partial charge in [-0.1, -0.05) is 70.5 Å². The third kappa shape index (κ3) is 30.6. The molecule has 7 rings (SSSR count). The van der Waals surface area contributed by atoms with Crippen molar-refractivity contribution in [2.24, 2.45) is 0 Å². The van der Waals surface area contributed by atoms with Crippen LogP contribution in [0.5, 0.6) is 5.75 Å². The first-order valence-corrected chi connectivity index (χ1v) is 42.5. The van der Waals surface area contributed by atoms with Crippen LogP contribution in [0.25, 0.3) is 0 Å². The van der Waals surface area contributed by atoms with E-state index in [2.05, 4.69) is 56.8 Å². The third-order valence-electron chi connectivity index (χ3n) is 19.1. The van der Waals surface area contributed by atoms with E-state index in [4.69, 9.17) is 47.7 Å². The molecule has 4 aromatic carbocycles. The van der Waals surface area contributed by atoms with Gasteiger partial charge in [0, 0.05) is 90.9 Å². The fourth-order valence-corrected chi connectivity index (χ4v) is 15.2. The number of carboxylic acid groups (broad SMARTS) is 2. The summed E-state index contributed by atoms with van der Waals surface area (Å²) in [6.45, 7) is 7.58. The molecule has 3 aliphatic rings. The molecule has 0 spiro atoms. The molecule has 0 fully saturated rings. The maximum Gasteiger partial charge on any atom is 0.326 e. The highest BCUT2D eigenvalue weighted by molar-refractivity contribution is 9.10. The lowest BCUT2D eigenvalue weighted by molar-refractivity contribution is -0.437. The number of benzene rings is 4. The number of carbonyl (C=O) groups excluding carboxylic acids is 4. The second-order valence-corrected chi connectivity index (χ2v) is 33.4. The first kappa shape index (κ1) is 92.2. The Morgan fingerprint density at radius 1 is 0.628 bits per heavy atom. The Hall–Kier alpha value is -7.98. The third-order valence-corrected chi connectivity index (χ3v) is 22.1. The van der Waals surface area contributed by atoms with Crippen molar-refractivity contribution >= 4 is 98.8 Å². The average molecular weight is 1700 g/mol. The Labute approximate surface area is 668 Å². The highest BCUT2D eigenvalue weighted by Crippen LogP contribution is 2.51. The number of ketones is 2. The molecule has 4 aromatic rings. The number of aliphatic carboxylic acids is 2. The Kier molecular flexibility index (Phi) is 37.0. The monoisotopic (exact) mass is 1700 g/mol. The highest BCUT2D eigenvalue weighted by Gasteiger charge is 2.45. The van der Waals surface area contributed by atoms with E-state index < -0.39 is 88.5 Å². The molecule has 2 aliphatic heterocycles. The molecule has 3 atom stereocenters.